The van der Waals surface area contributed by atoms with Crippen molar-refractivity contribution in [2.45, 2.75) is 39.7 Å². The van der Waals surface area contributed by atoms with Gasteiger partial charge in [-0.25, -0.2) is 0 Å². The van der Waals surface area contributed by atoms with Gasteiger partial charge in [-0.1, -0.05) is 12.1 Å². The molecule has 1 N–H and O–H groups in total. The summed E-state index contributed by atoms with van der Waals surface area (Å²) in [5.74, 6) is 0.598. The molecule has 5 nitrogen and oxygen atoms in total. The lowest BCUT2D eigenvalue weighted by Gasteiger charge is -2.17. The first kappa shape index (κ1) is 12.5. The van der Waals surface area contributed by atoms with Crippen molar-refractivity contribution >= 4 is 6.01 Å². The van der Waals surface area contributed by atoms with Gasteiger partial charge in [0.2, 0.25) is 5.82 Å². The van der Waals surface area contributed by atoms with E-state index in [1.165, 1.54) is 0 Å². The van der Waals surface area contributed by atoms with Crippen LogP contribution in [0.1, 0.15) is 33.3 Å². The molecule has 5 heteroatoms. The van der Waals surface area contributed by atoms with E-state index in [0.29, 0.717) is 11.8 Å². The summed E-state index contributed by atoms with van der Waals surface area (Å²) in [7, 11) is 0. The van der Waals surface area contributed by atoms with Gasteiger partial charge in [-0.15, -0.1) is 0 Å². The number of nitrogens with one attached hydrogen (secondary N) is 1. The molecule has 0 fully saturated rings. The van der Waals surface area contributed by atoms with E-state index in [4.69, 9.17) is 4.52 Å². The summed E-state index contributed by atoms with van der Waals surface area (Å²) < 4.78 is 5.20. The average molecular weight is 246 g/mol. The highest BCUT2D eigenvalue weighted by Crippen LogP contribution is 2.22. The lowest BCUT2D eigenvalue weighted by Crippen LogP contribution is -2.26. The minimum atomic E-state index is -0.102. The molecule has 0 saturated carbocycles. The number of hydrogen-bond donors (Lipinski definition) is 1. The molecule has 0 aliphatic carbocycles. The lowest BCUT2D eigenvalue weighted by molar-refractivity contribution is 0.420. The fourth-order valence-electron chi connectivity index (χ4n) is 1.63. The molecule has 0 radical (unpaired) electrons. The van der Waals surface area contributed by atoms with Crippen molar-refractivity contribution in [3.05, 3.63) is 24.0 Å². The highest BCUT2D eigenvalue weighted by Gasteiger charge is 2.16. The Morgan fingerprint density at radius 2 is 2.11 bits per heavy atom. The minimum absolute atomic E-state index is 0.102. The first-order valence-corrected chi connectivity index (χ1v) is 6.05. The van der Waals surface area contributed by atoms with Crippen LogP contribution >= 0.6 is 0 Å². The zero-order valence-electron chi connectivity index (χ0n) is 11.2. The van der Waals surface area contributed by atoms with E-state index in [2.05, 4.69) is 27.4 Å². The molecule has 0 atom stereocenters. The number of aromatic nitrogens is 3. The number of anilines is 1. The fraction of sp³-hybridized carbons (Fsp3) is 0.462. The zero-order valence-corrected chi connectivity index (χ0v) is 11.2. The fourth-order valence-corrected chi connectivity index (χ4v) is 1.63. The van der Waals surface area contributed by atoms with Crippen LogP contribution in [0.2, 0.25) is 0 Å². The number of hydrogen-bond acceptors (Lipinski definition) is 5. The van der Waals surface area contributed by atoms with Gasteiger partial charge in [0.05, 0.1) is 0 Å². The van der Waals surface area contributed by atoms with E-state index in [-0.39, 0.29) is 5.54 Å². The molecule has 0 unspecified atom stereocenters. The highest BCUT2D eigenvalue weighted by molar-refractivity contribution is 5.59. The van der Waals surface area contributed by atoms with Crippen molar-refractivity contribution in [1.29, 1.82) is 0 Å². The second-order valence-electron chi connectivity index (χ2n) is 5.18. The Balaban J connectivity index is 2.29. The van der Waals surface area contributed by atoms with E-state index < -0.39 is 0 Å². The van der Waals surface area contributed by atoms with E-state index >= 15 is 0 Å². The normalized spacial score (nSPS) is 11.6. The van der Waals surface area contributed by atoms with Gasteiger partial charge in [0, 0.05) is 23.5 Å². The zero-order chi connectivity index (χ0) is 13.2. The number of nitrogens with zero attached hydrogens (tertiary/aromatic N) is 3. The Bertz CT molecular complexity index is 528. The van der Waals surface area contributed by atoms with Crippen molar-refractivity contribution in [1.82, 2.24) is 15.1 Å². The molecule has 18 heavy (non-hydrogen) atoms. The Kier molecular flexibility index (Phi) is 3.32. The molecule has 0 aliphatic rings. The molecule has 0 aliphatic heterocycles. The van der Waals surface area contributed by atoms with E-state index in [1.54, 1.807) is 6.20 Å². The van der Waals surface area contributed by atoms with Gasteiger partial charge >= 0.3 is 6.01 Å². The summed E-state index contributed by atoms with van der Waals surface area (Å²) in [6.07, 6.45) is 4.46. The van der Waals surface area contributed by atoms with Crippen LogP contribution in [0.25, 0.3) is 11.4 Å². The predicted molar refractivity (Wildman–Crippen MR) is 70.3 cm³/mol. The van der Waals surface area contributed by atoms with Gasteiger partial charge in [0.15, 0.2) is 0 Å². The van der Waals surface area contributed by atoms with Gasteiger partial charge in [-0.05, 0) is 38.8 Å². The molecule has 96 valence electrons. The summed E-state index contributed by atoms with van der Waals surface area (Å²) in [5, 5.41) is 7.16. The summed E-state index contributed by atoms with van der Waals surface area (Å²) >= 11 is 0. The smallest absolute Gasteiger partial charge is 0.322 e. The van der Waals surface area contributed by atoms with Crippen LogP contribution in [0.3, 0.4) is 0 Å². The molecular formula is C13H18N4O. The van der Waals surface area contributed by atoms with Crippen LogP contribution in [0.15, 0.2) is 23.0 Å². The first-order valence-electron chi connectivity index (χ1n) is 6.05. The summed E-state index contributed by atoms with van der Waals surface area (Å²) in [4.78, 5) is 8.46. The van der Waals surface area contributed by atoms with Crippen molar-refractivity contribution in [2.75, 3.05) is 5.32 Å². The highest BCUT2D eigenvalue weighted by atomic mass is 16.5. The Morgan fingerprint density at radius 1 is 1.33 bits per heavy atom. The van der Waals surface area contributed by atoms with Crippen LogP contribution < -0.4 is 5.32 Å². The molecular weight excluding hydrogens is 228 g/mol. The van der Waals surface area contributed by atoms with Crippen molar-refractivity contribution in [3.63, 3.8) is 0 Å². The van der Waals surface area contributed by atoms with Crippen LogP contribution in [-0.4, -0.2) is 20.7 Å². The molecule has 0 saturated heterocycles. The molecule has 0 aromatic carbocycles. The van der Waals surface area contributed by atoms with Crippen LogP contribution in [0, 0.1) is 0 Å². The van der Waals surface area contributed by atoms with Crippen LogP contribution in [-0.2, 0) is 6.42 Å². The molecule has 2 heterocycles. The second kappa shape index (κ2) is 4.76. The Hall–Kier alpha value is -1.91. The van der Waals surface area contributed by atoms with E-state index in [0.717, 1.165) is 17.5 Å². The molecule has 0 amide bonds. The maximum atomic E-state index is 5.20. The van der Waals surface area contributed by atoms with Crippen molar-refractivity contribution < 1.29 is 4.52 Å². The van der Waals surface area contributed by atoms with Crippen LogP contribution in [0.5, 0.6) is 0 Å². The topological polar surface area (TPSA) is 63.8 Å². The lowest BCUT2D eigenvalue weighted by atomic mass is 10.1. The van der Waals surface area contributed by atoms with Gasteiger partial charge in [0.1, 0.15) is 0 Å². The first-order chi connectivity index (χ1) is 8.49. The number of rotatable bonds is 3. The van der Waals surface area contributed by atoms with Crippen molar-refractivity contribution in [3.8, 4) is 11.4 Å². The standard InChI is InChI=1S/C13H18N4O/c1-5-9-8-14-7-6-10(9)11-15-12(18-17-11)16-13(2,3)4/h6-8H,5H2,1-4H3,(H,15,16,17). The summed E-state index contributed by atoms with van der Waals surface area (Å²) in [6, 6.07) is 2.35. The van der Waals surface area contributed by atoms with E-state index in [9.17, 15) is 0 Å². The Labute approximate surface area is 107 Å². The van der Waals surface area contributed by atoms with Gasteiger partial charge in [-0.2, -0.15) is 4.98 Å². The summed E-state index contributed by atoms with van der Waals surface area (Å²) in [5.41, 5.74) is 1.98. The molecule has 0 bridgehead atoms. The number of pyridine rings is 1. The van der Waals surface area contributed by atoms with E-state index in [1.807, 2.05) is 33.0 Å². The Morgan fingerprint density at radius 3 is 2.78 bits per heavy atom. The predicted octanol–water partition coefficient (Wildman–Crippen LogP) is 2.90. The third kappa shape index (κ3) is 2.85. The number of aryl methyl sites for hydroxylation is 1. The van der Waals surface area contributed by atoms with Gasteiger partial charge < -0.3 is 9.84 Å². The average Bonchev–Trinajstić information content (AvgIpc) is 2.75. The monoisotopic (exact) mass is 246 g/mol. The summed E-state index contributed by atoms with van der Waals surface area (Å²) in [6.45, 7) is 8.21. The molecule has 2 rings (SSSR count). The third-order valence-electron chi connectivity index (χ3n) is 2.43. The largest absolute Gasteiger partial charge is 0.333 e. The maximum Gasteiger partial charge on any atom is 0.322 e. The quantitative estimate of drug-likeness (QED) is 0.902. The van der Waals surface area contributed by atoms with Crippen LogP contribution in [0.4, 0.5) is 6.01 Å². The van der Waals surface area contributed by atoms with Crippen molar-refractivity contribution in [2.24, 2.45) is 0 Å². The van der Waals surface area contributed by atoms with Gasteiger partial charge in [-0.3, -0.25) is 4.98 Å². The maximum absolute atomic E-state index is 5.20. The van der Waals surface area contributed by atoms with Gasteiger partial charge in [0.25, 0.3) is 0 Å². The third-order valence-corrected chi connectivity index (χ3v) is 2.43. The molecule has 2 aromatic rings. The molecule has 2 aromatic heterocycles. The second-order valence-corrected chi connectivity index (χ2v) is 5.18. The SMILES string of the molecule is CCc1cnccc1-c1noc(NC(C)(C)C)n1. The minimum Gasteiger partial charge on any atom is -0.333 e. The molecule has 0 spiro atoms.